The van der Waals surface area contributed by atoms with Crippen LogP contribution in [0.25, 0.3) is 22.3 Å². The van der Waals surface area contributed by atoms with Gasteiger partial charge in [0.15, 0.2) is 5.11 Å². The van der Waals surface area contributed by atoms with Crippen LogP contribution in [-0.2, 0) is 42.6 Å². The van der Waals surface area contributed by atoms with Crippen LogP contribution in [0.5, 0.6) is 5.75 Å². The third kappa shape index (κ3) is 7.08. The number of carbonyl (C=O) groups is 3. The number of aromatic hydroxyl groups is 1. The maximum Gasteiger partial charge on any atom is 0.355 e. The van der Waals surface area contributed by atoms with Gasteiger partial charge in [-0.1, -0.05) is 39.0 Å². The van der Waals surface area contributed by atoms with Gasteiger partial charge in [-0.25, -0.2) is 14.6 Å². The second-order valence-electron chi connectivity index (χ2n) is 13.4. The van der Waals surface area contributed by atoms with Gasteiger partial charge in [0.1, 0.15) is 24.4 Å². The number of pyridine rings is 2. The zero-order valence-electron chi connectivity index (χ0n) is 29.2. The van der Waals surface area contributed by atoms with Gasteiger partial charge in [0, 0.05) is 22.2 Å². The van der Waals surface area contributed by atoms with E-state index in [1.165, 1.54) is 12.1 Å². The molecule has 0 spiro atoms. The number of para-hydroxylation sites is 1. The van der Waals surface area contributed by atoms with Crippen LogP contribution in [0.15, 0.2) is 65.5 Å². The summed E-state index contributed by atoms with van der Waals surface area (Å²) in [7, 11) is 0. The number of esters is 2. The molecule has 0 saturated heterocycles. The quantitative estimate of drug-likeness (QED) is 0.0540. The predicted molar refractivity (Wildman–Crippen MR) is 199 cm³/mol. The number of aromatic nitrogens is 2. The van der Waals surface area contributed by atoms with E-state index in [1.807, 2.05) is 30.3 Å². The lowest BCUT2D eigenvalue weighted by atomic mass is 9.85. The van der Waals surface area contributed by atoms with Crippen molar-refractivity contribution in [2.75, 3.05) is 11.9 Å². The minimum absolute atomic E-state index is 0.0231. The van der Waals surface area contributed by atoms with E-state index in [-0.39, 0.29) is 40.6 Å². The number of cyclic esters (lactones) is 1. The van der Waals surface area contributed by atoms with Crippen LogP contribution >= 0.6 is 12.2 Å². The van der Waals surface area contributed by atoms with E-state index in [4.69, 9.17) is 32.4 Å². The molecule has 0 radical (unpaired) electrons. The number of phenols is 1. The van der Waals surface area contributed by atoms with Gasteiger partial charge in [-0.3, -0.25) is 9.59 Å². The van der Waals surface area contributed by atoms with E-state index in [0.29, 0.717) is 49.4 Å². The molecular formula is C38H42N6O7S. The van der Waals surface area contributed by atoms with Crippen LogP contribution in [0.1, 0.15) is 63.1 Å². The molecule has 6 rings (SSSR count). The summed E-state index contributed by atoms with van der Waals surface area (Å²) in [6.07, 6.45) is 1.61. The SMILES string of the molecule is CCC1(OC(=O)[C@@H](NC(=O)[C@H](CCCCN)NC(=S)Nc2ccc(O)cc2)C(C)C)C(=O)OCc2c1cc1n(c2=O)Cc2cc3ccccc3nc2-1. The Morgan fingerprint density at radius 1 is 1.10 bits per heavy atom. The zero-order chi connectivity index (χ0) is 37.2. The third-order valence-electron chi connectivity index (χ3n) is 9.57. The lowest BCUT2D eigenvalue weighted by molar-refractivity contribution is -0.191. The van der Waals surface area contributed by atoms with Gasteiger partial charge in [-0.05, 0) is 92.8 Å². The number of rotatable bonds is 12. The van der Waals surface area contributed by atoms with Gasteiger partial charge in [0.25, 0.3) is 5.56 Å². The van der Waals surface area contributed by atoms with Gasteiger partial charge in [-0.2, -0.15) is 0 Å². The monoisotopic (exact) mass is 726 g/mol. The fourth-order valence-corrected chi connectivity index (χ4v) is 6.96. The number of ether oxygens (including phenoxy) is 2. The first-order valence-corrected chi connectivity index (χ1v) is 17.8. The van der Waals surface area contributed by atoms with Crippen molar-refractivity contribution in [3.8, 4) is 17.1 Å². The number of carbonyl (C=O) groups excluding carboxylic acids is 3. The first-order chi connectivity index (χ1) is 24.9. The lowest BCUT2D eigenvalue weighted by Crippen LogP contribution is -2.56. The molecule has 1 unspecified atom stereocenters. The second kappa shape index (κ2) is 15.1. The summed E-state index contributed by atoms with van der Waals surface area (Å²) < 4.78 is 13.2. The predicted octanol–water partition coefficient (Wildman–Crippen LogP) is 3.96. The highest BCUT2D eigenvalue weighted by Crippen LogP contribution is 2.41. The summed E-state index contributed by atoms with van der Waals surface area (Å²) in [6, 6.07) is 15.6. The van der Waals surface area contributed by atoms with Crippen LogP contribution in [0, 0.1) is 5.92 Å². The number of amides is 1. The van der Waals surface area contributed by atoms with Crippen molar-refractivity contribution in [3.05, 3.63) is 87.7 Å². The van der Waals surface area contributed by atoms with Crippen molar-refractivity contribution >= 4 is 51.8 Å². The Kier molecular flexibility index (Phi) is 10.6. The molecule has 52 heavy (non-hydrogen) atoms. The summed E-state index contributed by atoms with van der Waals surface area (Å²) in [4.78, 5) is 60.4. The summed E-state index contributed by atoms with van der Waals surface area (Å²) in [5.41, 5.74) is 7.24. The Labute approximate surface area is 305 Å². The highest BCUT2D eigenvalue weighted by atomic mass is 32.1. The maximum atomic E-state index is 14.1. The number of thiocarbonyl (C=S) groups is 1. The van der Waals surface area contributed by atoms with Crippen molar-refractivity contribution < 1.29 is 29.0 Å². The first kappa shape index (κ1) is 36.5. The average Bonchev–Trinajstić information content (AvgIpc) is 3.48. The molecule has 2 aliphatic heterocycles. The van der Waals surface area contributed by atoms with Crippen LogP contribution < -0.4 is 27.2 Å². The topological polar surface area (TPSA) is 187 Å². The third-order valence-corrected chi connectivity index (χ3v) is 9.79. The number of phenolic OH excluding ortho intramolecular Hbond substituents is 1. The molecule has 0 aliphatic carbocycles. The van der Waals surface area contributed by atoms with Crippen molar-refractivity contribution in [2.45, 2.75) is 77.3 Å². The van der Waals surface area contributed by atoms with Crippen molar-refractivity contribution in [2.24, 2.45) is 11.7 Å². The van der Waals surface area contributed by atoms with E-state index in [2.05, 4.69) is 16.0 Å². The van der Waals surface area contributed by atoms with E-state index < -0.39 is 41.4 Å². The van der Waals surface area contributed by atoms with Crippen molar-refractivity contribution in [1.29, 1.82) is 0 Å². The molecule has 13 nitrogen and oxygen atoms in total. The molecule has 0 fully saturated rings. The van der Waals surface area contributed by atoms with Gasteiger partial charge in [0.05, 0.1) is 29.0 Å². The molecule has 0 saturated carbocycles. The number of anilines is 1. The molecule has 14 heteroatoms. The molecule has 4 aromatic rings. The van der Waals surface area contributed by atoms with Gasteiger partial charge in [0.2, 0.25) is 11.5 Å². The van der Waals surface area contributed by atoms with E-state index >= 15 is 0 Å². The molecule has 272 valence electrons. The first-order valence-electron chi connectivity index (χ1n) is 17.4. The standard InChI is InChI=1S/C38H42N6O7S/c1-4-38(27-18-30-32-23(17-22-9-5-6-10-28(22)41-32)19-44(30)34(47)26(27)20-50-36(38)49)51-35(48)31(21(2)3)43-33(46)29(11-7-8-16-39)42-37(52)40-24-12-14-25(45)15-13-24/h5-6,9-10,12-15,17-18,21,29,31,45H,4,7-8,11,16,19-20,39H2,1-3H3,(H,43,46)(H2,40,42,52)/t29-,31-,38?/m0/s1. The molecule has 3 atom stereocenters. The zero-order valence-corrected chi connectivity index (χ0v) is 30.0. The highest BCUT2D eigenvalue weighted by Gasteiger charge is 2.51. The Morgan fingerprint density at radius 2 is 1.85 bits per heavy atom. The summed E-state index contributed by atoms with van der Waals surface area (Å²) in [5, 5.41) is 19.5. The Hall–Kier alpha value is -5.34. The average molecular weight is 727 g/mol. The van der Waals surface area contributed by atoms with E-state index in [9.17, 15) is 24.3 Å². The molecule has 2 aromatic carbocycles. The minimum Gasteiger partial charge on any atom is -0.508 e. The summed E-state index contributed by atoms with van der Waals surface area (Å²) in [5.74, 6) is -2.52. The molecule has 0 bridgehead atoms. The lowest BCUT2D eigenvalue weighted by Gasteiger charge is -2.37. The number of hydrogen-bond donors (Lipinski definition) is 5. The Morgan fingerprint density at radius 3 is 2.56 bits per heavy atom. The van der Waals surface area contributed by atoms with Gasteiger partial charge in [-0.15, -0.1) is 0 Å². The minimum atomic E-state index is -1.94. The molecule has 6 N–H and O–H groups in total. The Balaban J connectivity index is 1.27. The number of nitrogens with zero attached hydrogens (tertiary/aromatic N) is 2. The normalized spacial score (nSPS) is 17.0. The largest absolute Gasteiger partial charge is 0.508 e. The van der Waals surface area contributed by atoms with Gasteiger partial charge < -0.3 is 40.8 Å². The highest BCUT2D eigenvalue weighted by molar-refractivity contribution is 7.80. The number of nitrogens with one attached hydrogen (secondary N) is 3. The second-order valence-corrected chi connectivity index (χ2v) is 13.8. The van der Waals surface area contributed by atoms with Crippen LogP contribution in [0.4, 0.5) is 5.69 Å². The maximum absolute atomic E-state index is 14.1. The number of hydrogen-bond acceptors (Lipinski definition) is 10. The Bertz CT molecular complexity index is 2100. The van der Waals surface area contributed by atoms with E-state index in [0.717, 1.165) is 16.5 Å². The van der Waals surface area contributed by atoms with Crippen LogP contribution in [0.2, 0.25) is 0 Å². The van der Waals surface area contributed by atoms with Crippen molar-refractivity contribution in [3.63, 3.8) is 0 Å². The molecule has 4 heterocycles. The van der Waals surface area contributed by atoms with Crippen LogP contribution in [-0.4, -0.2) is 56.2 Å². The number of unbranched alkanes of at least 4 members (excludes halogenated alkanes) is 1. The number of benzene rings is 2. The molecule has 1 amide bonds. The number of fused-ring (bicyclic) bond motifs is 5. The van der Waals surface area contributed by atoms with Crippen LogP contribution in [0.3, 0.4) is 0 Å². The summed E-state index contributed by atoms with van der Waals surface area (Å²) >= 11 is 5.48. The fourth-order valence-electron chi connectivity index (χ4n) is 6.70. The molecule has 2 aromatic heterocycles. The smallest absolute Gasteiger partial charge is 0.355 e. The molecular weight excluding hydrogens is 685 g/mol. The summed E-state index contributed by atoms with van der Waals surface area (Å²) in [6.45, 7) is 5.65. The van der Waals surface area contributed by atoms with Gasteiger partial charge >= 0.3 is 11.9 Å². The number of nitrogens with two attached hydrogens (primary N) is 1. The van der Waals surface area contributed by atoms with E-state index in [1.54, 1.807) is 43.5 Å². The molecule has 2 aliphatic rings. The fraction of sp³-hybridized carbons (Fsp3) is 0.368. The van der Waals surface area contributed by atoms with Crippen molar-refractivity contribution in [1.82, 2.24) is 20.2 Å².